The van der Waals surface area contributed by atoms with Crippen molar-refractivity contribution in [3.05, 3.63) is 23.4 Å². The van der Waals surface area contributed by atoms with Gasteiger partial charge in [-0.1, -0.05) is 5.16 Å². The zero-order valence-corrected chi connectivity index (χ0v) is 12.0. The molecule has 6 heteroatoms. The Morgan fingerprint density at radius 1 is 1.55 bits per heavy atom. The number of amidine groups is 1. The lowest BCUT2D eigenvalue weighted by Gasteiger charge is -2.19. The summed E-state index contributed by atoms with van der Waals surface area (Å²) in [5.74, 6) is 1.67. The molecule has 1 heterocycles. The van der Waals surface area contributed by atoms with E-state index in [-0.39, 0.29) is 5.84 Å². The van der Waals surface area contributed by atoms with Crippen molar-refractivity contribution in [2.24, 2.45) is 16.8 Å². The molecular weight excluding hydrogens is 256 g/mol. The maximum atomic E-state index is 8.75. The molecule has 0 amide bonds. The van der Waals surface area contributed by atoms with Gasteiger partial charge in [0.1, 0.15) is 5.82 Å². The van der Waals surface area contributed by atoms with E-state index in [0.717, 1.165) is 30.6 Å². The Bertz CT molecular complexity index is 486. The largest absolute Gasteiger partial charge is 0.409 e. The number of nitrogens with zero attached hydrogens (tertiary/aromatic N) is 3. The van der Waals surface area contributed by atoms with Crippen LogP contribution in [0.3, 0.4) is 0 Å². The Morgan fingerprint density at radius 2 is 2.30 bits per heavy atom. The highest BCUT2D eigenvalue weighted by Crippen LogP contribution is 2.28. The molecule has 1 aliphatic rings. The first-order valence-corrected chi connectivity index (χ1v) is 6.85. The summed E-state index contributed by atoms with van der Waals surface area (Å²) in [7, 11) is 1.96. The first-order chi connectivity index (χ1) is 9.60. The van der Waals surface area contributed by atoms with Gasteiger partial charge in [0.2, 0.25) is 0 Å². The van der Waals surface area contributed by atoms with Crippen LogP contribution < -0.4 is 10.6 Å². The van der Waals surface area contributed by atoms with Crippen LogP contribution in [0.2, 0.25) is 0 Å². The van der Waals surface area contributed by atoms with Crippen molar-refractivity contribution in [3.63, 3.8) is 0 Å². The fraction of sp³-hybridized carbons (Fsp3) is 0.571. The summed E-state index contributed by atoms with van der Waals surface area (Å²) in [5.41, 5.74) is 7.12. The molecule has 1 aromatic rings. The lowest BCUT2D eigenvalue weighted by Crippen LogP contribution is -2.25. The van der Waals surface area contributed by atoms with E-state index in [0.29, 0.717) is 12.2 Å². The monoisotopic (exact) mass is 278 g/mol. The minimum Gasteiger partial charge on any atom is -0.409 e. The van der Waals surface area contributed by atoms with Gasteiger partial charge in [0.05, 0.1) is 6.61 Å². The van der Waals surface area contributed by atoms with Crippen molar-refractivity contribution in [2.45, 2.75) is 19.8 Å². The second kappa shape index (κ2) is 6.56. The molecule has 20 heavy (non-hydrogen) atoms. The average Bonchev–Trinajstić information content (AvgIpc) is 3.25. The number of hydrogen-bond acceptors (Lipinski definition) is 5. The predicted molar refractivity (Wildman–Crippen MR) is 78.3 cm³/mol. The van der Waals surface area contributed by atoms with Gasteiger partial charge < -0.3 is 20.6 Å². The minimum absolute atomic E-state index is 0.0927. The number of oxime groups is 1. The molecule has 0 aliphatic heterocycles. The fourth-order valence-corrected chi connectivity index (χ4v) is 1.90. The van der Waals surface area contributed by atoms with E-state index in [9.17, 15) is 0 Å². The molecule has 6 nitrogen and oxygen atoms in total. The summed E-state index contributed by atoms with van der Waals surface area (Å²) in [6, 6.07) is 3.60. The van der Waals surface area contributed by atoms with Gasteiger partial charge in [-0.25, -0.2) is 4.98 Å². The van der Waals surface area contributed by atoms with Crippen molar-refractivity contribution in [3.8, 4) is 0 Å². The van der Waals surface area contributed by atoms with Crippen LogP contribution in [0.25, 0.3) is 0 Å². The number of hydrogen-bond donors (Lipinski definition) is 2. The second-order valence-corrected chi connectivity index (χ2v) is 5.28. The van der Waals surface area contributed by atoms with E-state index in [4.69, 9.17) is 15.7 Å². The summed E-state index contributed by atoms with van der Waals surface area (Å²) >= 11 is 0. The van der Waals surface area contributed by atoms with Crippen molar-refractivity contribution in [1.82, 2.24) is 4.98 Å². The second-order valence-electron chi connectivity index (χ2n) is 5.28. The van der Waals surface area contributed by atoms with Crippen LogP contribution in [0.5, 0.6) is 0 Å². The highest BCUT2D eigenvalue weighted by Gasteiger charge is 2.21. The summed E-state index contributed by atoms with van der Waals surface area (Å²) in [5, 5.41) is 11.8. The maximum Gasteiger partial charge on any atom is 0.170 e. The summed E-state index contributed by atoms with van der Waals surface area (Å²) < 4.78 is 5.62. The summed E-state index contributed by atoms with van der Waals surface area (Å²) in [4.78, 5) is 6.46. The number of aryl methyl sites for hydroxylation is 1. The molecule has 1 aromatic heterocycles. The topological polar surface area (TPSA) is 84.0 Å². The smallest absolute Gasteiger partial charge is 0.170 e. The first-order valence-electron chi connectivity index (χ1n) is 6.85. The number of anilines is 1. The van der Waals surface area contributed by atoms with Gasteiger partial charge in [0, 0.05) is 31.5 Å². The van der Waals surface area contributed by atoms with Crippen LogP contribution in [0.1, 0.15) is 24.1 Å². The molecule has 0 radical (unpaired) electrons. The Kier molecular flexibility index (Phi) is 4.79. The van der Waals surface area contributed by atoms with Crippen molar-refractivity contribution >= 4 is 11.7 Å². The SMILES string of the molecule is Cc1cc(/C(N)=N/O)cc(N(C)CCOCC2CC2)n1. The molecular formula is C14H22N4O2. The van der Waals surface area contributed by atoms with Crippen LogP contribution in [0.4, 0.5) is 5.82 Å². The molecule has 110 valence electrons. The quantitative estimate of drug-likeness (QED) is 0.258. The maximum absolute atomic E-state index is 8.75. The van der Waals surface area contributed by atoms with Gasteiger partial charge in [-0.2, -0.15) is 0 Å². The highest BCUT2D eigenvalue weighted by molar-refractivity contribution is 5.97. The summed E-state index contributed by atoms with van der Waals surface area (Å²) in [6.45, 7) is 4.19. The van der Waals surface area contributed by atoms with E-state index in [2.05, 4.69) is 10.1 Å². The molecule has 0 saturated heterocycles. The molecule has 0 atom stereocenters. The van der Waals surface area contributed by atoms with Crippen LogP contribution in [0, 0.1) is 12.8 Å². The number of pyridine rings is 1. The Labute approximate surface area is 119 Å². The van der Waals surface area contributed by atoms with E-state index >= 15 is 0 Å². The van der Waals surface area contributed by atoms with Gasteiger partial charge in [-0.15, -0.1) is 0 Å². The molecule has 0 unspecified atom stereocenters. The first kappa shape index (κ1) is 14.6. The number of aromatic nitrogens is 1. The van der Waals surface area contributed by atoms with Gasteiger partial charge >= 0.3 is 0 Å². The fourth-order valence-electron chi connectivity index (χ4n) is 1.90. The van der Waals surface area contributed by atoms with E-state index in [1.807, 2.05) is 24.9 Å². The van der Waals surface area contributed by atoms with E-state index < -0.39 is 0 Å². The third-order valence-corrected chi connectivity index (χ3v) is 3.36. The van der Waals surface area contributed by atoms with Gasteiger partial charge in [-0.3, -0.25) is 0 Å². The molecule has 2 rings (SSSR count). The zero-order chi connectivity index (χ0) is 14.5. The van der Waals surface area contributed by atoms with Gasteiger partial charge in [0.25, 0.3) is 0 Å². The molecule has 1 fully saturated rings. The van der Waals surface area contributed by atoms with Crippen LogP contribution >= 0.6 is 0 Å². The lowest BCUT2D eigenvalue weighted by molar-refractivity contribution is 0.131. The molecule has 0 bridgehead atoms. The molecule has 3 N–H and O–H groups in total. The average molecular weight is 278 g/mol. The van der Waals surface area contributed by atoms with Crippen LogP contribution in [-0.4, -0.2) is 42.8 Å². The molecule has 0 spiro atoms. The van der Waals surface area contributed by atoms with Crippen LogP contribution in [0.15, 0.2) is 17.3 Å². The lowest BCUT2D eigenvalue weighted by atomic mass is 10.2. The number of nitrogens with two attached hydrogens (primary N) is 1. The normalized spacial score (nSPS) is 15.4. The minimum atomic E-state index is 0.0927. The Balaban J connectivity index is 1.93. The molecule has 0 aromatic carbocycles. The zero-order valence-electron chi connectivity index (χ0n) is 12.0. The molecule has 1 aliphatic carbocycles. The standard InChI is InChI=1S/C14H22N4O2/c1-10-7-12(14(15)17-19)8-13(16-10)18(2)5-6-20-9-11-3-4-11/h7-8,11,19H,3-6,9H2,1-2H3,(H2,15,17). The van der Waals surface area contributed by atoms with Gasteiger partial charge in [-0.05, 0) is 37.8 Å². The van der Waals surface area contributed by atoms with Crippen molar-refractivity contribution < 1.29 is 9.94 Å². The van der Waals surface area contributed by atoms with E-state index in [1.54, 1.807) is 6.07 Å². The van der Waals surface area contributed by atoms with E-state index in [1.165, 1.54) is 12.8 Å². The third-order valence-electron chi connectivity index (χ3n) is 3.36. The van der Waals surface area contributed by atoms with Crippen molar-refractivity contribution in [1.29, 1.82) is 0 Å². The Hall–Kier alpha value is -1.82. The number of rotatable bonds is 7. The number of ether oxygens (including phenoxy) is 1. The highest BCUT2D eigenvalue weighted by atomic mass is 16.5. The predicted octanol–water partition coefficient (Wildman–Crippen LogP) is 1.35. The third kappa shape index (κ3) is 4.09. The van der Waals surface area contributed by atoms with Crippen molar-refractivity contribution in [2.75, 3.05) is 31.7 Å². The molecule has 1 saturated carbocycles. The number of likely N-dealkylation sites (N-methyl/N-ethyl adjacent to an activating group) is 1. The summed E-state index contributed by atoms with van der Waals surface area (Å²) in [6.07, 6.45) is 2.61. The van der Waals surface area contributed by atoms with Crippen LogP contribution in [-0.2, 0) is 4.74 Å². The Morgan fingerprint density at radius 3 is 2.95 bits per heavy atom. The van der Waals surface area contributed by atoms with Gasteiger partial charge in [0.15, 0.2) is 5.84 Å².